The molecular formula is C15H20ClN3OS. The molecule has 1 atom stereocenters. The summed E-state index contributed by atoms with van der Waals surface area (Å²) in [5, 5.41) is 8.32. The van der Waals surface area contributed by atoms with Crippen molar-refractivity contribution in [2.24, 2.45) is 0 Å². The molecule has 1 aromatic carbocycles. The molecular weight excluding hydrogens is 306 g/mol. The van der Waals surface area contributed by atoms with Crippen molar-refractivity contribution in [2.75, 3.05) is 14.2 Å². The number of hydrogen-bond acceptors (Lipinski definition) is 5. The molecule has 0 amide bonds. The number of benzene rings is 1. The zero-order valence-corrected chi connectivity index (χ0v) is 14.1. The number of likely N-dealkylation sites (N-methyl/N-ethyl adjacent to an activating group) is 1. The molecule has 0 aliphatic heterocycles. The number of nitrogens with zero attached hydrogens (tertiary/aromatic N) is 2. The molecule has 1 heterocycles. The average molecular weight is 326 g/mol. The summed E-state index contributed by atoms with van der Waals surface area (Å²) in [6.45, 7) is 2.15. The first-order valence-electron chi connectivity index (χ1n) is 7.00. The molecule has 6 heteroatoms. The van der Waals surface area contributed by atoms with Gasteiger partial charge in [0.05, 0.1) is 17.7 Å². The molecule has 114 valence electrons. The van der Waals surface area contributed by atoms with E-state index in [-0.39, 0.29) is 6.04 Å². The van der Waals surface area contributed by atoms with Gasteiger partial charge in [-0.1, -0.05) is 29.4 Å². The maximum Gasteiger partial charge on any atom is 0.122 e. The molecule has 21 heavy (non-hydrogen) atoms. The van der Waals surface area contributed by atoms with Gasteiger partial charge in [0.25, 0.3) is 0 Å². The van der Waals surface area contributed by atoms with Crippen LogP contribution in [0.3, 0.4) is 0 Å². The molecule has 1 unspecified atom stereocenters. The Labute approximate surface area is 134 Å². The molecule has 0 aliphatic rings. The molecule has 2 aromatic rings. The van der Waals surface area contributed by atoms with E-state index in [0.717, 1.165) is 41.3 Å². The number of methoxy groups -OCH3 is 1. The Hall–Kier alpha value is -1.17. The van der Waals surface area contributed by atoms with Crippen molar-refractivity contribution in [2.45, 2.75) is 32.2 Å². The molecule has 0 radical (unpaired) electrons. The topological polar surface area (TPSA) is 47.0 Å². The predicted octanol–water partition coefficient (Wildman–Crippen LogP) is 3.66. The third kappa shape index (κ3) is 3.93. The van der Waals surface area contributed by atoms with Crippen molar-refractivity contribution in [1.29, 1.82) is 0 Å². The summed E-state index contributed by atoms with van der Waals surface area (Å²) >= 11 is 7.57. The van der Waals surface area contributed by atoms with Gasteiger partial charge in [-0.15, -0.1) is 5.10 Å². The van der Waals surface area contributed by atoms with Gasteiger partial charge in [-0.25, -0.2) is 0 Å². The zero-order chi connectivity index (χ0) is 15.2. The minimum absolute atomic E-state index is 0.166. The first-order valence-corrected chi connectivity index (χ1v) is 8.15. The van der Waals surface area contributed by atoms with E-state index < -0.39 is 0 Å². The second kappa shape index (κ2) is 7.73. The van der Waals surface area contributed by atoms with E-state index in [9.17, 15) is 0 Å². The second-order valence-electron chi connectivity index (χ2n) is 4.84. The van der Waals surface area contributed by atoms with Gasteiger partial charge in [-0.3, -0.25) is 0 Å². The molecule has 2 rings (SSSR count). The SMILES string of the molecule is CCCc1nnsc1C(Cc1cc(Cl)ccc1OC)NC. The fourth-order valence-corrected chi connectivity index (χ4v) is 3.34. The van der Waals surface area contributed by atoms with Crippen LogP contribution >= 0.6 is 23.1 Å². The van der Waals surface area contributed by atoms with Crippen LogP contribution < -0.4 is 10.1 Å². The van der Waals surface area contributed by atoms with E-state index in [1.165, 1.54) is 16.4 Å². The van der Waals surface area contributed by atoms with Crippen molar-refractivity contribution in [3.05, 3.63) is 39.4 Å². The van der Waals surface area contributed by atoms with Crippen molar-refractivity contribution in [3.8, 4) is 5.75 Å². The lowest BCUT2D eigenvalue weighted by Crippen LogP contribution is -2.19. The van der Waals surface area contributed by atoms with Crippen LogP contribution in [-0.2, 0) is 12.8 Å². The van der Waals surface area contributed by atoms with Gasteiger partial charge < -0.3 is 10.1 Å². The fraction of sp³-hybridized carbons (Fsp3) is 0.467. The molecule has 0 spiro atoms. The number of aromatic nitrogens is 2. The van der Waals surface area contributed by atoms with Crippen LogP contribution in [0.5, 0.6) is 5.75 Å². The number of halogens is 1. The summed E-state index contributed by atoms with van der Waals surface area (Å²) in [7, 11) is 3.63. The Bertz CT molecular complexity index is 588. The van der Waals surface area contributed by atoms with Crippen LogP contribution in [-0.4, -0.2) is 23.7 Å². The van der Waals surface area contributed by atoms with E-state index >= 15 is 0 Å². The Morgan fingerprint density at radius 2 is 2.24 bits per heavy atom. The highest BCUT2D eigenvalue weighted by Crippen LogP contribution is 2.30. The molecule has 0 aliphatic carbocycles. The summed E-state index contributed by atoms with van der Waals surface area (Å²) in [5.74, 6) is 0.856. The van der Waals surface area contributed by atoms with Crippen LogP contribution in [0.25, 0.3) is 0 Å². The smallest absolute Gasteiger partial charge is 0.122 e. The molecule has 0 saturated heterocycles. The normalized spacial score (nSPS) is 12.4. The first-order chi connectivity index (χ1) is 10.2. The van der Waals surface area contributed by atoms with Gasteiger partial charge in [0.15, 0.2) is 0 Å². The standard InChI is InChI=1S/C15H20ClN3OS/c1-4-5-12-15(21-19-18-12)13(17-2)9-10-8-11(16)6-7-14(10)20-3/h6-8,13,17H,4-5,9H2,1-3H3. The Morgan fingerprint density at radius 1 is 1.43 bits per heavy atom. The van der Waals surface area contributed by atoms with Crippen LogP contribution in [0.1, 0.15) is 35.5 Å². The molecule has 1 aromatic heterocycles. The number of nitrogens with one attached hydrogen (secondary N) is 1. The van der Waals surface area contributed by atoms with E-state index in [0.29, 0.717) is 0 Å². The van der Waals surface area contributed by atoms with Crippen molar-refractivity contribution >= 4 is 23.1 Å². The highest BCUT2D eigenvalue weighted by atomic mass is 35.5. The van der Waals surface area contributed by atoms with Gasteiger partial charge >= 0.3 is 0 Å². The summed E-state index contributed by atoms with van der Waals surface area (Å²) in [6, 6.07) is 5.87. The van der Waals surface area contributed by atoms with E-state index in [2.05, 4.69) is 21.8 Å². The quantitative estimate of drug-likeness (QED) is 0.844. The number of ether oxygens (including phenoxy) is 1. The monoisotopic (exact) mass is 325 g/mol. The Kier molecular flexibility index (Phi) is 5.96. The molecule has 0 saturated carbocycles. The van der Waals surface area contributed by atoms with Crippen LogP contribution in [0.2, 0.25) is 5.02 Å². The minimum Gasteiger partial charge on any atom is -0.496 e. The summed E-state index contributed by atoms with van der Waals surface area (Å²) in [5.41, 5.74) is 2.17. The maximum atomic E-state index is 6.11. The third-order valence-electron chi connectivity index (χ3n) is 3.40. The lowest BCUT2D eigenvalue weighted by molar-refractivity contribution is 0.406. The Balaban J connectivity index is 2.26. The van der Waals surface area contributed by atoms with Gasteiger partial charge in [0.1, 0.15) is 5.75 Å². The lowest BCUT2D eigenvalue weighted by Gasteiger charge is -2.17. The number of rotatable bonds is 7. The summed E-state index contributed by atoms with van der Waals surface area (Å²) in [4.78, 5) is 1.20. The van der Waals surface area contributed by atoms with Crippen molar-refractivity contribution < 1.29 is 4.74 Å². The van der Waals surface area contributed by atoms with E-state index in [1.807, 2.05) is 25.2 Å². The first kappa shape index (κ1) is 16.2. The van der Waals surface area contributed by atoms with Gasteiger partial charge in [0, 0.05) is 11.1 Å². The zero-order valence-electron chi connectivity index (χ0n) is 12.5. The summed E-state index contributed by atoms with van der Waals surface area (Å²) < 4.78 is 9.53. The van der Waals surface area contributed by atoms with Crippen molar-refractivity contribution in [1.82, 2.24) is 14.9 Å². The van der Waals surface area contributed by atoms with E-state index in [4.69, 9.17) is 16.3 Å². The highest BCUT2D eigenvalue weighted by molar-refractivity contribution is 7.05. The van der Waals surface area contributed by atoms with Gasteiger partial charge in [-0.2, -0.15) is 0 Å². The van der Waals surface area contributed by atoms with E-state index in [1.54, 1.807) is 7.11 Å². The van der Waals surface area contributed by atoms with Crippen LogP contribution in [0.4, 0.5) is 0 Å². The molecule has 0 fully saturated rings. The Morgan fingerprint density at radius 3 is 2.90 bits per heavy atom. The van der Waals surface area contributed by atoms with Gasteiger partial charge in [0.2, 0.25) is 0 Å². The third-order valence-corrected chi connectivity index (χ3v) is 4.52. The molecule has 1 N–H and O–H groups in total. The lowest BCUT2D eigenvalue weighted by atomic mass is 10.0. The largest absolute Gasteiger partial charge is 0.496 e. The second-order valence-corrected chi connectivity index (χ2v) is 6.06. The van der Waals surface area contributed by atoms with Crippen LogP contribution in [0, 0.1) is 0 Å². The average Bonchev–Trinajstić information content (AvgIpc) is 2.93. The predicted molar refractivity (Wildman–Crippen MR) is 87.4 cm³/mol. The number of aryl methyl sites for hydroxylation is 1. The number of hydrogen-bond donors (Lipinski definition) is 1. The molecule has 0 bridgehead atoms. The van der Waals surface area contributed by atoms with Crippen LogP contribution in [0.15, 0.2) is 18.2 Å². The van der Waals surface area contributed by atoms with Gasteiger partial charge in [-0.05, 0) is 55.2 Å². The summed E-state index contributed by atoms with van der Waals surface area (Å²) in [6.07, 6.45) is 2.81. The highest BCUT2D eigenvalue weighted by Gasteiger charge is 2.19. The minimum atomic E-state index is 0.166. The fourth-order valence-electron chi connectivity index (χ4n) is 2.34. The van der Waals surface area contributed by atoms with Crippen molar-refractivity contribution in [3.63, 3.8) is 0 Å². The molecule has 4 nitrogen and oxygen atoms in total. The maximum absolute atomic E-state index is 6.11.